The Labute approximate surface area is 291 Å². The van der Waals surface area contributed by atoms with Crippen molar-refractivity contribution >= 4 is 70.1 Å². The third kappa shape index (κ3) is 8.98. The van der Waals surface area contributed by atoms with E-state index in [1.165, 1.54) is 37.1 Å². The number of anilines is 2. The lowest BCUT2D eigenvalue weighted by Gasteiger charge is -2.18. The van der Waals surface area contributed by atoms with Crippen LogP contribution in [0, 0.1) is 0 Å². The minimum absolute atomic E-state index is 0.0172. The van der Waals surface area contributed by atoms with Crippen molar-refractivity contribution in [1.29, 1.82) is 0 Å². The van der Waals surface area contributed by atoms with E-state index in [0.717, 1.165) is 5.56 Å². The third-order valence-electron chi connectivity index (χ3n) is 6.92. The molecule has 48 heavy (non-hydrogen) atoms. The van der Waals surface area contributed by atoms with E-state index in [2.05, 4.69) is 16.0 Å². The summed E-state index contributed by atoms with van der Waals surface area (Å²) >= 11 is 13.6. The van der Waals surface area contributed by atoms with Crippen LogP contribution in [0.15, 0.2) is 132 Å². The molecule has 0 aromatic heterocycles. The molecule has 11 heteroatoms. The Balaban J connectivity index is 1.40. The summed E-state index contributed by atoms with van der Waals surface area (Å²) in [6.07, 6.45) is 1.46. The van der Waals surface area contributed by atoms with Gasteiger partial charge in [-0.05, 0) is 72.3 Å². The average molecular weight is 699 g/mol. The van der Waals surface area contributed by atoms with Crippen LogP contribution in [0.2, 0.25) is 10.0 Å². The number of phenolic OH excluding ortho intramolecular Hbond substituents is 1. The number of nitrogens with one attached hydrogen (secondary N) is 3. The van der Waals surface area contributed by atoms with Crippen molar-refractivity contribution < 1.29 is 24.2 Å². The third-order valence-corrected chi connectivity index (χ3v) is 8.72. The van der Waals surface area contributed by atoms with Crippen molar-refractivity contribution in [2.75, 3.05) is 17.7 Å². The van der Waals surface area contributed by atoms with Crippen molar-refractivity contribution in [2.45, 2.75) is 10.1 Å². The van der Waals surface area contributed by atoms with Gasteiger partial charge in [0.1, 0.15) is 22.4 Å². The monoisotopic (exact) mass is 697 g/mol. The van der Waals surface area contributed by atoms with E-state index in [9.17, 15) is 19.5 Å². The predicted octanol–water partition coefficient (Wildman–Crippen LogP) is 8.59. The smallest absolute Gasteiger partial charge is 0.272 e. The van der Waals surface area contributed by atoms with Gasteiger partial charge in [-0.1, -0.05) is 77.8 Å². The molecule has 0 aliphatic carbocycles. The minimum Gasteiger partial charge on any atom is -0.508 e. The van der Waals surface area contributed by atoms with Gasteiger partial charge in [-0.3, -0.25) is 14.4 Å². The zero-order chi connectivity index (χ0) is 34.0. The molecule has 0 heterocycles. The molecule has 0 saturated carbocycles. The van der Waals surface area contributed by atoms with Crippen molar-refractivity contribution in [3.63, 3.8) is 0 Å². The van der Waals surface area contributed by atoms with Gasteiger partial charge in [0.25, 0.3) is 11.8 Å². The van der Waals surface area contributed by atoms with Crippen LogP contribution in [0.25, 0.3) is 6.08 Å². The predicted molar refractivity (Wildman–Crippen MR) is 192 cm³/mol. The molecule has 0 bridgehead atoms. The molecule has 8 nitrogen and oxygen atoms in total. The van der Waals surface area contributed by atoms with Crippen molar-refractivity contribution in [2.24, 2.45) is 0 Å². The van der Waals surface area contributed by atoms with E-state index in [1.54, 1.807) is 72.8 Å². The molecule has 0 aliphatic rings. The van der Waals surface area contributed by atoms with Crippen LogP contribution < -0.4 is 20.7 Å². The molecule has 0 radical (unpaired) electrons. The summed E-state index contributed by atoms with van der Waals surface area (Å²) in [7, 11) is 1.44. The van der Waals surface area contributed by atoms with Gasteiger partial charge in [0.15, 0.2) is 0 Å². The van der Waals surface area contributed by atoms with Crippen LogP contribution in [0.4, 0.5) is 11.4 Å². The fraction of sp³-hybridized carbons (Fsp3) is 0.0541. The summed E-state index contributed by atoms with van der Waals surface area (Å²) in [6, 6.07) is 34.0. The van der Waals surface area contributed by atoms with Crippen LogP contribution in [0.5, 0.6) is 11.5 Å². The van der Waals surface area contributed by atoms with Crippen LogP contribution in [0.3, 0.4) is 0 Å². The fourth-order valence-electron chi connectivity index (χ4n) is 4.59. The summed E-state index contributed by atoms with van der Waals surface area (Å²) in [6.45, 7) is 0. The molecule has 0 spiro atoms. The van der Waals surface area contributed by atoms with Crippen LogP contribution in [-0.2, 0) is 9.59 Å². The first-order valence-electron chi connectivity index (χ1n) is 14.5. The van der Waals surface area contributed by atoms with Gasteiger partial charge in [0, 0.05) is 32.8 Å². The summed E-state index contributed by atoms with van der Waals surface area (Å²) in [4.78, 5) is 41.1. The van der Waals surface area contributed by atoms with Gasteiger partial charge >= 0.3 is 0 Å². The molecule has 5 aromatic rings. The molecule has 5 rings (SSSR count). The second kappa shape index (κ2) is 16.1. The zero-order valence-corrected chi connectivity index (χ0v) is 27.8. The molecule has 0 saturated heterocycles. The quantitative estimate of drug-likeness (QED) is 0.0812. The summed E-state index contributed by atoms with van der Waals surface area (Å²) in [5.41, 5.74) is 2.36. The first-order chi connectivity index (χ1) is 23.2. The molecule has 0 fully saturated rings. The number of carbonyl (C=O) groups is 3. The number of aromatic hydroxyl groups is 1. The number of amides is 3. The average Bonchev–Trinajstić information content (AvgIpc) is 3.09. The topological polar surface area (TPSA) is 117 Å². The van der Waals surface area contributed by atoms with E-state index < -0.39 is 17.1 Å². The SMILES string of the molecule is COc1cc(O)ccc1/C=C(/NC(=O)c1ccccc1)C(=O)Nc1cccc(SC(C(=O)Nc2ccc(Cl)cc2Cl)c2ccccc2)c1. The van der Waals surface area contributed by atoms with Crippen molar-refractivity contribution in [3.05, 3.63) is 154 Å². The van der Waals surface area contributed by atoms with E-state index in [4.69, 9.17) is 27.9 Å². The van der Waals surface area contributed by atoms with Crippen LogP contribution in [0.1, 0.15) is 26.7 Å². The highest BCUT2D eigenvalue weighted by atomic mass is 35.5. The lowest BCUT2D eigenvalue weighted by atomic mass is 10.1. The Bertz CT molecular complexity index is 1970. The van der Waals surface area contributed by atoms with Gasteiger partial charge in [-0.15, -0.1) is 11.8 Å². The maximum absolute atomic E-state index is 13.7. The Kier molecular flexibility index (Phi) is 11.4. The summed E-state index contributed by atoms with van der Waals surface area (Å²) in [5, 5.41) is 18.4. The number of hydrogen-bond acceptors (Lipinski definition) is 6. The number of ether oxygens (including phenoxy) is 1. The molecular weight excluding hydrogens is 669 g/mol. The number of carbonyl (C=O) groups excluding carboxylic acids is 3. The van der Waals surface area contributed by atoms with Crippen LogP contribution >= 0.6 is 35.0 Å². The van der Waals surface area contributed by atoms with Crippen molar-refractivity contribution in [3.8, 4) is 11.5 Å². The number of hydrogen-bond donors (Lipinski definition) is 4. The molecule has 242 valence electrons. The number of rotatable bonds is 11. The second-order valence-electron chi connectivity index (χ2n) is 10.3. The van der Waals surface area contributed by atoms with Gasteiger partial charge in [0.2, 0.25) is 5.91 Å². The van der Waals surface area contributed by atoms with E-state index in [0.29, 0.717) is 43.2 Å². The molecule has 1 atom stereocenters. The van der Waals surface area contributed by atoms with Gasteiger partial charge in [-0.2, -0.15) is 0 Å². The zero-order valence-electron chi connectivity index (χ0n) is 25.4. The summed E-state index contributed by atoms with van der Waals surface area (Å²) < 4.78 is 5.37. The minimum atomic E-state index is -0.675. The maximum Gasteiger partial charge on any atom is 0.272 e. The molecule has 5 aromatic carbocycles. The van der Waals surface area contributed by atoms with Crippen molar-refractivity contribution in [1.82, 2.24) is 5.32 Å². The first-order valence-corrected chi connectivity index (χ1v) is 16.2. The standard InChI is InChI=1S/C37H29Cl2N3O5S/c1-47-33-22-28(43)17-15-25(33)19-32(42-35(44)24-11-6-3-7-12-24)36(45)40-27-13-8-14-29(21-27)48-34(23-9-4-2-5-10-23)37(46)41-31-18-16-26(38)20-30(31)39/h2-22,34,43H,1H3,(H,40,45)(H,41,46)(H,42,44)/b32-19+. The number of halogens is 2. The summed E-state index contributed by atoms with van der Waals surface area (Å²) in [5.74, 6) is -1.11. The van der Waals surface area contributed by atoms with E-state index >= 15 is 0 Å². The molecular formula is C37H29Cl2N3O5S. The lowest BCUT2D eigenvalue weighted by Crippen LogP contribution is -2.30. The Morgan fingerprint density at radius 2 is 1.54 bits per heavy atom. The number of phenols is 1. The second-order valence-corrected chi connectivity index (χ2v) is 12.3. The number of benzene rings is 5. The van der Waals surface area contributed by atoms with E-state index in [-0.39, 0.29) is 17.4 Å². The highest BCUT2D eigenvalue weighted by Gasteiger charge is 2.24. The molecule has 3 amide bonds. The normalized spacial score (nSPS) is 11.7. The molecule has 1 unspecified atom stereocenters. The highest BCUT2D eigenvalue weighted by molar-refractivity contribution is 8.00. The Hall–Kier alpha value is -5.22. The van der Waals surface area contributed by atoms with Crippen LogP contribution in [-0.4, -0.2) is 29.9 Å². The Morgan fingerprint density at radius 1 is 0.812 bits per heavy atom. The first kappa shape index (κ1) is 34.1. The Morgan fingerprint density at radius 3 is 2.25 bits per heavy atom. The number of thioether (sulfide) groups is 1. The van der Waals surface area contributed by atoms with Gasteiger partial charge < -0.3 is 25.8 Å². The lowest BCUT2D eigenvalue weighted by molar-refractivity contribution is -0.116. The van der Waals surface area contributed by atoms with Gasteiger partial charge in [-0.25, -0.2) is 0 Å². The van der Waals surface area contributed by atoms with Gasteiger partial charge in [0.05, 0.1) is 17.8 Å². The molecule has 4 N–H and O–H groups in total. The fourth-order valence-corrected chi connectivity index (χ4v) is 6.13. The molecule has 0 aliphatic heterocycles. The van der Waals surface area contributed by atoms with E-state index in [1.807, 2.05) is 36.4 Å². The maximum atomic E-state index is 13.7. The number of methoxy groups -OCH3 is 1. The largest absolute Gasteiger partial charge is 0.508 e. The highest BCUT2D eigenvalue weighted by Crippen LogP contribution is 2.38.